The summed E-state index contributed by atoms with van der Waals surface area (Å²) in [6.07, 6.45) is 1.40. The van der Waals surface area contributed by atoms with Crippen molar-refractivity contribution in [2.75, 3.05) is 18.7 Å². The van der Waals surface area contributed by atoms with Crippen LogP contribution in [0.2, 0.25) is 0 Å². The quantitative estimate of drug-likeness (QED) is 0.406. The molecular formula is C21H24N7O6P. The number of hydrogen-bond donors (Lipinski definition) is 2. The molecule has 0 aliphatic carbocycles. The van der Waals surface area contributed by atoms with Gasteiger partial charge >= 0.3 is 13.6 Å². The first-order chi connectivity index (χ1) is 16.8. The molecule has 0 spiro atoms. The summed E-state index contributed by atoms with van der Waals surface area (Å²) in [5, 5.41) is 9.65. The Morgan fingerprint density at radius 2 is 2.11 bits per heavy atom. The Kier molecular flexibility index (Phi) is 7.28. The van der Waals surface area contributed by atoms with E-state index in [1.165, 1.54) is 19.6 Å². The molecule has 1 saturated heterocycles. The number of benzene rings is 1. The molecule has 184 valence electrons. The number of hydrogen-bond acceptors (Lipinski definition) is 12. The zero-order valence-corrected chi connectivity index (χ0v) is 19.7. The van der Waals surface area contributed by atoms with E-state index in [0.717, 1.165) is 0 Å². The van der Waals surface area contributed by atoms with Crippen LogP contribution < -0.4 is 16.0 Å². The van der Waals surface area contributed by atoms with E-state index in [9.17, 15) is 14.6 Å². The number of nitrogens with zero attached hydrogens (tertiary/aromatic N) is 5. The average Bonchev–Trinajstić information content (AvgIpc) is 3.44. The third kappa shape index (κ3) is 5.58. The molecule has 4 unspecified atom stereocenters. The van der Waals surface area contributed by atoms with Gasteiger partial charge in [-0.2, -0.15) is 5.26 Å². The summed E-state index contributed by atoms with van der Waals surface area (Å²) in [5.41, 5.74) is 12.2. The van der Waals surface area contributed by atoms with Gasteiger partial charge in [0.1, 0.15) is 23.6 Å². The second kappa shape index (κ2) is 10.4. The van der Waals surface area contributed by atoms with Crippen LogP contribution in [-0.4, -0.2) is 50.6 Å². The third-order valence-electron chi connectivity index (χ3n) is 5.16. The van der Waals surface area contributed by atoms with E-state index in [1.807, 2.05) is 0 Å². The number of anilines is 1. The fourth-order valence-electron chi connectivity index (χ4n) is 3.52. The maximum absolute atomic E-state index is 13.2. The van der Waals surface area contributed by atoms with Gasteiger partial charge in [0.25, 0.3) is 0 Å². The first-order valence-electron chi connectivity index (χ1n) is 10.7. The van der Waals surface area contributed by atoms with Crippen molar-refractivity contribution in [2.24, 2.45) is 11.7 Å². The number of imidazole rings is 1. The smallest absolute Gasteiger partial charge is 0.415 e. The monoisotopic (exact) mass is 501 g/mol. The fourth-order valence-corrected chi connectivity index (χ4v) is 4.87. The van der Waals surface area contributed by atoms with Gasteiger partial charge in [0, 0.05) is 0 Å². The van der Waals surface area contributed by atoms with Crippen molar-refractivity contribution in [3.63, 3.8) is 0 Å². The Morgan fingerprint density at radius 3 is 2.83 bits per heavy atom. The zero-order chi connectivity index (χ0) is 25.0. The highest BCUT2D eigenvalue weighted by atomic mass is 31.2. The predicted molar refractivity (Wildman–Crippen MR) is 123 cm³/mol. The number of nitriles is 1. The number of rotatable bonds is 9. The molecule has 1 fully saturated rings. The summed E-state index contributed by atoms with van der Waals surface area (Å²) in [4.78, 5) is 24.3. The summed E-state index contributed by atoms with van der Waals surface area (Å²) in [6, 6.07) is 9.48. The minimum Gasteiger partial charge on any atom is -0.415 e. The molecule has 1 aromatic carbocycles. The summed E-state index contributed by atoms with van der Waals surface area (Å²) in [5.74, 6) is -0.953. The number of aromatic nitrogens is 4. The molecule has 3 heterocycles. The first kappa shape index (κ1) is 24.6. The Balaban J connectivity index is 1.43. The van der Waals surface area contributed by atoms with Crippen LogP contribution in [0.5, 0.6) is 5.75 Å². The lowest BCUT2D eigenvalue weighted by molar-refractivity contribution is -0.136. The number of ether oxygens (including phenoxy) is 2. The van der Waals surface area contributed by atoms with Crippen molar-refractivity contribution < 1.29 is 27.9 Å². The molecular weight excluding hydrogens is 477 g/mol. The van der Waals surface area contributed by atoms with Crippen molar-refractivity contribution >= 4 is 30.5 Å². The number of fused-ring (bicyclic) bond motifs is 1. The van der Waals surface area contributed by atoms with E-state index >= 15 is 0 Å². The van der Waals surface area contributed by atoms with Gasteiger partial charge in [0.2, 0.25) is 0 Å². The van der Waals surface area contributed by atoms with Crippen LogP contribution in [0.3, 0.4) is 0 Å². The molecule has 1 aliphatic rings. The number of carbonyl (C=O) groups excluding carboxylic acids is 1. The maximum atomic E-state index is 13.2. The van der Waals surface area contributed by atoms with Crippen LogP contribution in [0.1, 0.15) is 19.6 Å². The fraction of sp³-hybridized carbons (Fsp3) is 0.381. The van der Waals surface area contributed by atoms with Crippen molar-refractivity contribution in [3.8, 4) is 11.8 Å². The van der Waals surface area contributed by atoms with Gasteiger partial charge in [-0.15, -0.1) is 0 Å². The van der Waals surface area contributed by atoms with Crippen LogP contribution >= 0.6 is 7.60 Å². The predicted octanol–water partition coefficient (Wildman–Crippen LogP) is 1.97. The van der Waals surface area contributed by atoms with Crippen LogP contribution in [0.4, 0.5) is 5.82 Å². The van der Waals surface area contributed by atoms with Crippen LogP contribution in [0.15, 0.2) is 43.0 Å². The molecule has 3 aromatic rings. The highest BCUT2D eigenvalue weighted by Crippen LogP contribution is 2.49. The number of carbonyl (C=O) groups is 1. The number of para-hydroxylation sites is 1. The molecule has 4 N–H and O–H groups in total. The minimum atomic E-state index is -4.05. The topological polar surface area (TPSA) is 190 Å². The van der Waals surface area contributed by atoms with Crippen LogP contribution in [0.25, 0.3) is 11.2 Å². The highest BCUT2D eigenvalue weighted by molar-refractivity contribution is 7.54. The van der Waals surface area contributed by atoms with E-state index in [-0.39, 0.29) is 18.2 Å². The van der Waals surface area contributed by atoms with Gasteiger partial charge in [-0.05, 0) is 25.5 Å². The summed E-state index contributed by atoms with van der Waals surface area (Å²) in [6.45, 7) is 1.37. The molecule has 0 bridgehead atoms. The van der Waals surface area contributed by atoms with E-state index in [2.05, 4.69) is 21.0 Å². The van der Waals surface area contributed by atoms with Gasteiger partial charge < -0.3 is 30.0 Å². The zero-order valence-electron chi connectivity index (χ0n) is 18.8. The Hall–Kier alpha value is -3.56. The summed E-state index contributed by atoms with van der Waals surface area (Å²) < 4.78 is 37.0. The molecule has 14 heteroatoms. The minimum absolute atomic E-state index is 0.0314. The lowest BCUT2D eigenvalue weighted by atomic mass is 10.1. The molecule has 5 atom stereocenters. The molecule has 13 nitrogen and oxygen atoms in total. The Bertz CT molecular complexity index is 1280. The van der Waals surface area contributed by atoms with E-state index in [0.29, 0.717) is 17.6 Å². The third-order valence-corrected chi connectivity index (χ3v) is 6.61. The standard InChI is InChI=1S/C21H24N7O6P/c1-13(23)21(29)34-35(30,33-15-5-3-2-4-6-15)12-31-9-16-7-14(8-22)20(32-16)28-11-27-17-18(24)25-10-26-19(17)28/h2-6,10-11,13-14,16,20H,7,9,12,23H2,1H3,(H2,24,25,26)/t13-,14?,16?,20?,35?/m0/s1. The molecule has 0 radical (unpaired) electrons. The molecule has 2 aromatic heterocycles. The van der Waals surface area contributed by atoms with Crippen molar-refractivity contribution in [2.45, 2.75) is 31.7 Å². The van der Waals surface area contributed by atoms with Gasteiger partial charge in [0.05, 0.1) is 31.0 Å². The van der Waals surface area contributed by atoms with E-state index < -0.39 is 44.2 Å². The molecule has 0 saturated carbocycles. The normalized spacial score (nSPS) is 22.3. The SMILES string of the molecule is C[C@H](N)C(=O)OP(=O)(COCC1CC(C#N)C(n2cnc3c(N)ncnc32)O1)Oc1ccccc1. The highest BCUT2D eigenvalue weighted by Gasteiger charge is 2.39. The lowest BCUT2D eigenvalue weighted by Crippen LogP contribution is -2.29. The first-order valence-corrected chi connectivity index (χ1v) is 12.4. The lowest BCUT2D eigenvalue weighted by Gasteiger charge is -2.21. The summed E-state index contributed by atoms with van der Waals surface area (Å²) >= 11 is 0. The van der Waals surface area contributed by atoms with Gasteiger partial charge in [0.15, 0.2) is 24.0 Å². The van der Waals surface area contributed by atoms with E-state index in [4.69, 9.17) is 30.0 Å². The molecule has 4 rings (SSSR count). The van der Waals surface area contributed by atoms with Crippen molar-refractivity contribution in [1.82, 2.24) is 19.5 Å². The average molecular weight is 501 g/mol. The molecule has 35 heavy (non-hydrogen) atoms. The Labute approximate surface area is 200 Å². The van der Waals surface area contributed by atoms with Crippen LogP contribution in [-0.2, 0) is 23.4 Å². The number of nitrogens with two attached hydrogens (primary N) is 2. The number of nitrogen functional groups attached to an aromatic ring is 1. The Morgan fingerprint density at radius 1 is 1.34 bits per heavy atom. The largest absolute Gasteiger partial charge is 0.458 e. The van der Waals surface area contributed by atoms with Gasteiger partial charge in [-0.3, -0.25) is 9.36 Å². The van der Waals surface area contributed by atoms with Crippen LogP contribution in [0, 0.1) is 17.2 Å². The molecule has 0 amide bonds. The van der Waals surface area contributed by atoms with E-state index in [1.54, 1.807) is 34.9 Å². The maximum Gasteiger partial charge on any atom is 0.458 e. The van der Waals surface area contributed by atoms with Crippen molar-refractivity contribution in [3.05, 3.63) is 43.0 Å². The molecule has 1 aliphatic heterocycles. The van der Waals surface area contributed by atoms with Crippen molar-refractivity contribution in [1.29, 1.82) is 5.26 Å². The second-order valence-electron chi connectivity index (χ2n) is 7.92. The van der Waals surface area contributed by atoms with Gasteiger partial charge in [-0.25, -0.2) is 19.5 Å². The summed E-state index contributed by atoms with van der Waals surface area (Å²) in [7, 11) is -4.05. The van der Waals surface area contributed by atoms with Gasteiger partial charge in [-0.1, -0.05) is 18.2 Å². The second-order valence-corrected chi connectivity index (χ2v) is 9.76.